The molecule has 112 valence electrons. The zero-order valence-corrected chi connectivity index (χ0v) is 12.0. The standard InChI is InChI=1S/C17H12N4O2/c22-14-8-4-1-5-11(14)9-19-21-10-18-15-12-6-2-3-7-13(12)20-16(15)17(21)23/h1-10,20,22H/b19-9+. The Balaban J connectivity index is 1.86. The summed E-state index contributed by atoms with van der Waals surface area (Å²) in [5.74, 6) is 0.101. The highest BCUT2D eigenvalue weighted by molar-refractivity contribution is 6.04. The van der Waals surface area contributed by atoms with Crippen molar-refractivity contribution >= 4 is 28.2 Å². The van der Waals surface area contributed by atoms with Gasteiger partial charge in [0.2, 0.25) is 0 Å². The summed E-state index contributed by atoms with van der Waals surface area (Å²) in [6, 6.07) is 14.4. The number of hydrogen-bond donors (Lipinski definition) is 2. The first-order chi connectivity index (χ1) is 11.2. The Morgan fingerprint density at radius 3 is 2.78 bits per heavy atom. The van der Waals surface area contributed by atoms with Gasteiger partial charge in [-0.1, -0.05) is 30.3 Å². The van der Waals surface area contributed by atoms with Gasteiger partial charge < -0.3 is 10.1 Å². The van der Waals surface area contributed by atoms with Gasteiger partial charge in [-0.25, -0.2) is 4.98 Å². The number of aromatic hydroxyl groups is 1. The Morgan fingerprint density at radius 2 is 1.91 bits per heavy atom. The molecular formula is C17H12N4O2. The van der Waals surface area contributed by atoms with Crippen LogP contribution >= 0.6 is 0 Å². The van der Waals surface area contributed by atoms with E-state index in [0.717, 1.165) is 15.6 Å². The molecule has 2 aromatic carbocycles. The van der Waals surface area contributed by atoms with Crippen molar-refractivity contribution in [2.75, 3.05) is 0 Å². The average molecular weight is 304 g/mol. The second-order valence-electron chi connectivity index (χ2n) is 5.09. The summed E-state index contributed by atoms with van der Waals surface area (Å²) in [5.41, 5.74) is 2.12. The van der Waals surface area contributed by atoms with E-state index in [1.54, 1.807) is 24.3 Å². The maximum absolute atomic E-state index is 12.5. The van der Waals surface area contributed by atoms with Crippen LogP contribution in [0.1, 0.15) is 5.56 Å². The summed E-state index contributed by atoms with van der Waals surface area (Å²) < 4.78 is 1.14. The molecule has 0 radical (unpaired) electrons. The van der Waals surface area contributed by atoms with E-state index in [1.807, 2.05) is 24.3 Å². The quantitative estimate of drug-likeness (QED) is 0.558. The van der Waals surface area contributed by atoms with E-state index in [4.69, 9.17) is 0 Å². The number of fused-ring (bicyclic) bond motifs is 3. The molecule has 2 aromatic heterocycles. The fourth-order valence-electron chi connectivity index (χ4n) is 2.50. The third kappa shape index (κ3) is 2.17. The summed E-state index contributed by atoms with van der Waals surface area (Å²) in [6.07, 6.45) is 2.80. The van der Waals surface area contributed by atoms with Crippen LogP contribution in [0.3, 0.4) is 0 Å². The van der Waals surface area contributed by atoms with Crippen LogP contribution in [0, 0.1) is 0 Å². The van der Waals surface area contributed by atoms with Crippen molar-refractivity contribution in [1.82, 2.24) is 14.6 Å². The molecule has 2 heterocycles. The first kappa shape index (κ1) is 13.3. The highest BCUT2D eigenvalue weighted by Gasteiger charge is 2.09. The van der Waals surface area contributed by atoms with Gasteiger partial charge in [0.1, 0.15) is 23.1 Å². The summed E-state index contributed by atoms with van der Waals surface area (Å²) in [4.78, 5) is 19.9. The van der Waals surface area contributed by atoms with Gasteiger partial charge in [-0.15, -0.1) is 0 Å². The normalized spacial score (nSPS) is 11.7. The van der Waals surface area contributed by atoms with Gasteiger partial charge in [-0.2, -0.15) is 9.78 Å². The Morgan fingerprint density at radius 1 is 1.13 bits per heavy atom. The van der Waals surface area contributed by atoms with Crippen molar-refractivity contribution in [3.8, 4) is 5.75 Å². The van der Waals surface area contributed by atoms with Crippen LogP contribution in [0.25, 0.3) is 21.9 Å². The smallest absolute Gasteiger partial charge is 0.298 e. The molecule has 6 nitrogen and oxygen atoms in total. The van der Waals surface area contributed by atoms with Crippen LogP contribution in [-0.4, -0.2) is 26.0 Å². The number of para-hydroxylation sites is 2. The predicted molar refractivity (Wildman–Crippen MR) is 89.0 cm³/mol. The van der Waals surface area contributed by atoms with Crippen molar-refractivity contribution in [3.63, 3.8) is 0 Å². The summed E-state index contributed by atoms with van der Waals surface area (Å²) in [7, 11) is 0. The summed E-state index contributed by atoms with van der Waals surface area (Å²) in [6.45, 7) is 0. The zero-order valence-electron chi connectivity index (χ0n) is 12.0. The zero-order chi connectivity index (χ0) is 15.8. The second-order valence-corrected chi connectivity index (χ2v) is 5.09. The molecule has 0 saturated heterocycles. The van der Waals surface area contributed by atoms with Crippen LogP contribution < -0.4 is 5.56 Å². The van der Waals surface area contributed by atoms with E-state index in [-0.39, 0.29) is 11.3 Å². The van der Waals surface area contributed by atoms with Gasteiger partial charge in [0.25, 0.3) is 5.56 Å². The van der Waals surface area contributed by atoms with Gasteiger partial charge in [0.05, 0.1) is 6.21 Å². The Hall–Kier alpha value is -3.41. The van der Waals surface area contributed by atoms with Crippen LogP contribution in [0.2, 0.25) is 0 Å². The molecule has 0 fully saturated rings. The monoisotopic (exact) mass is 304 g/mol. The van der Waals surface area contributed by atoms with Gasteiger partial charge in [-0.3, -0.25) is 4.79 Å². The van der Waals surface area contributed by atoms with Crippen LogP contribution in [-0.2, 0) is 0 Å². The molecule has 0 aliphatic rings. The van der Waals surface area contributed by atoms with Crippen LogP contribution in [0.5, 0.6) is 5.75 Å². The highest BCUT2D eigenvalue weighted by Crippen LogP contribution is 2.20. The van der Waals surface area contributed by atoms with Crippen LogP contribution in [0.15, 0.2) is 64.8 Å². The van der Waals surface area contributed by atoms with Crippen molar-refractivity contribution in [2.45, 2.75) is 0 Å². The molecule has 0 unspecified atom stereocenters. The molecule has 0 amide bonds. The highest BCUT2D eigenvalue weighted by atomic mass is 16.3. The van der Waals surface area contributed by atoms with Gasteiger partial charge >= 0.3 is 0 Å². The van der Waals surface area contributed by atoms with E-state index in [0.29, 0.717) is 16.6 Å². The molecule has 6 heteroatoms. The van der Waals surface area contributed by atoms with Crippen molar-refractivity contribution in [3.05, 3.63) is 70.8 Å². The first-order valence-corrected chi connectivity index (χ1v) is 7.04. The number of phenols is 1. The topological polar surface area (TPSA) is 83.3 Å². The Labute approximate surface area is 130 Å². The Kier molecular flexibility index (Phi) is 2.94. The lowest BCUT2D eigenvalue weighted by Crippen LogP contribution is -2.17. The maximum Gasteiger partial charge on any atom is 0.298 e. The number of H-pyrrole nitrogens is 1. The van der Waals surface area contributed by atoms with E-state index >= 15 is 0 Å². The van der Waals surface area contributed by atoms with E-state index in [9.17, 15) is 9.90 Å². The van der Waals surface area contributed by atoms with Gasteiger partial charge in [0.15, 0.2) is 0 Å². The number of aromatic nitrogens is 3. The molecule has 4 aromatic rings. The van der Waals surface area contributed by atoms with Gasteiger partial charge in [-0.05, 0) is 18.2 Å². The SMILES string of the molecule is O=c1c2[nH]c3ccccc3c2ncn1/N=C/c1ccccc1O. The number of nitrogens with zero attached hydrogens (tertiary/aromatic N) is 3. The third-order valence-corrected chi connectivity index (χ3v) is 3.65. The van der Waals surface area contributed by atoms with E-state index in [2.05, 4.69) is 15.1 Å². The van der Waals surface area contributed by atoms with E-state index in [1.165, 1.54) is 12.5 Å². The lowest BCUT2D eigenvalue weighted by Gasteiger charge is -1.99. The number of nitrogens with one attached hydrogen (secondary N) is 1. The predicted octanol–water partition coefficient (Wildman–Crippen LogP) is 2.47. The number of aromatic amines is 1. The molecule has 0 saturated carbocycles. The summed E-state index contributed by atoms with van der Waals surface area (Å²) >= 11 is 0. The first-order valence-electron chi connectivity index (χ1n) is 7.04. The average Bonchev–Trinajstić information content (AvgIpc) is 2.95. The molecule has 4 rings (SSSR count). The Bertz CT molecular complexity index is 1110. The number of rotatable bonds is 2. The largest absolute Gasteiger partial charge is 0.507 e. The van der Waals surface area contributed by atoms with E-state index < -0.39 is 0 Å². The number of benzene rings is 2. The minimum Gasteiger partial charge on any atom is -0.507 e. The second kappa shape index (κ2) is 5.10. The maximum atomic E-state index is 12.5. The molecule has 0 atom stereocenters. The van der Waals surface area contributed by atoms with Crippen molar-refractivity contribution in [2.24, 2.45) is 5.10 Å². The lowest BCUT2D eigenvalue weighted by atomic mass is 10.2. The summed E-state index contributed by atoms with van der Waals surface area (Å²) in [5, 5.41) is 14.7. The van der Waals surface area contributed by atoms with Crippen LogP contribution in [0.4, 0.5) is 0 Å². The van der Waals surface area contributed by atoms with Crippen molar-refractivity contribution < 1.29 is 5.11 Å². The van der Waals surface area contributed by atoms with Crippen molar-refractivity contribution in [1.29, 1.82) is 0 Å². The molecule has 0 spiro atoms. The van der Waals surface area contributed by atoms with Gasteiger partial charge in [0, 0.05) is 16.5 Å². The number of hydrogen-bond acceptors (Lipinski definition) is 4. The molecule has 23 heavy (non-hydrogen) atoms. The fourth-order valence-corrected chi connectivity index (χ4v) is 2.50. The molecular weight excluding hydrogens is 292 g/mol. The minimum atomic E-state index is -0.294. The molecule has 0 bridgehead atoms. The molecule has 0 aliphatic carbocycles. The number of phenolic OH excluding ortho intramolecular Hbond substituents is 1. The fraction of sp³-hybridized carbons (Fsp3) is 0. The third-order valence-electron chi connectivity index (χ3n) is 3.65. The molecule has 0 aliphatic heterocycles. The minimum absolute atomic E-state index is 0.101. The molecule has 2 N–H and O–H groups in total. The lowest BCUT2D eigenvalue weighted by molar-refractivity contribution is 0.474.